The standard InChI is InChI=1S/C9H6BrNO6/c1-15-9(12)6-7(11(13)14)4(10)2-5-8(6)17-3-16-5/h2H,3H2,1H3. The molecule has 17 heavy (non-hydrogen) atoms. The van der Waals surface area contributed by atoms with E-state index in [1.165, 1.54) is 6.07 Å². The Bertz CT molecular complexity index is 515. The van der Waals surface area contributed by atoms with Gasteiger partial charge in [-0.15, -0.1) is 0 Å². The Kier molecular flexibility index (Phi) is 2.88. The second-order valence-electron chi connectivity index (χ2n) is 3.06. The van der Waals surface area contributed by atoms with Gasteiger partial charge in [0.1, 0.15) is 4.47 Å². The second kappa shape index (κ2) is 4.21. The number of methoxy groups -OCH3 is 1. The maximum Gasteiger partial charge on any atom is 0.348 e. The molecule has 0 N–H and O–H groups in total. The van der Waals surface area contributed by atoms with Crippen LogP contribution in [0, 0.1) is 10.1 Å². The fourth-order valence-electron chi connectivity index (χ4n) is 1.47. The highest BCUT2D eigenvalue weighted by molar-refractivity contribution is 9.10. The number of hydrogen-bond acceptors (Lipinski definition) is 6. The van der Waals surface area contributed by atoms with Crippen molar-refractivity contribution < 1.29 is 23.9 Å². The first-order chi connectivity index (χ1) is 8.06. The van der Waals surface area contributed by atoms with Gasteiger partial charge in [0.25, 0.3) is 0 Å². The van der Waals surface area contributed by atoms with Crippen molar-refractivity contribution in [3.05, 3.63) is 26.2 Å². The first-order valence-corrected chi connectivity index (χ1v) is 5.20. The van der Waals surface area contributed by atoms with Crippen molar-refractivity contribution in [2.24, 2.45) is 0 Å². The number of nitro groups is 1. The predicted molar refractivity (Wildman–Crippen MR) is 58.3 cm³/mol. The minimum atomic E-state index is -0.847. The molecule has 0 aromatic heterocycles. The Balaban J connectivity index is 2.74. The van der Waals surface area contributed by atoms with E-state index in [4.69, 9.17) is 9.47 Å². The molecule has 1 aliphatic rings. The van der Waals surface area contributed by atoms with Gasteiger partial charge in [-0.05, 0) is 15.9 Å². The molecule has 1 aromatic carbocycles. The lowest BCUT2D eigenvalue weighted by atomic mass is 10.1. The molecule has 7 nitrogen and oxygen atoms in total. The van der Waals surface area contributed by atoms with Crippen molar-refractivity contribution in [3.63, 3.8) is 0 Å². The number of carbonyl (C=O) groups excluding carboxylic acids is 1. The zero-order valence-electron chi connectivity index (χ0n) is 8.56. The molecule has 0 bridgehead atoms. The lowest BCUT2D eigenvalue weighted by Gasteiger charge is -2.06. The van der Waals surface area contributed by atoms with Crippen LogP contribution in [0.5, 0.6) is 11.5 Å². The molecule has 1 aliphatic heterocycles. The summed E-state index contributed by atoms with van der Waals surface area (Å²) in [6, 6.07) is 1.38. The molecule has 0 spiro atoms. The van der Waals surface area contributed by atoms with Crippen LogP contribution < -0.4 is 9.47 Å². The van der Waals surface area contributed by atoms with Gasteiger partial charge in [0.05, 0.1) is 12.0 Å². The van der Waals surface area contributed by atoms with Crippen LogP contribution in [-0.2, 0) is 4.74 Å². The van der Waals surface area contributed by atoms with Gasteiger partial charge in [-0.1, -0.05) is 0 Å². The van der Waals surface area contributed by atoms with E-state index in [-0.39, 0.29) is 28.3 Å². The fraction of sp³-hybridized carbons (Fsp3) is 0.222. The summed E-state index contributed by atoms with van der Waals surface area (Å²) >= 11 is 3.01. The Labute approximate surface area is 104 Å². The number of rotatable bonds is 2. The average Bonchev–Trinajstić information content (AvgIpc) is 2.73. The Morgan fingerprint density at radius 3 is 2.88 bits per heavy atom. The van der Waals surface area contributed by atoms with Crippen molar-refractivity contribution in [1.82, 2.24) is 0 Å². The molecule has 2 rings (SSSR count). The largest absolute Gasteiger partial charge is 0.465 e. The van der Waals surface area contributed by atoms with Crippen LogP contribution in [0.4, 0.5) is 5.69 Å². The lowest BCUT2D eigenvalue weighted by molar-refractivity contribution is -0.386. The van der Waals surface area contributed by atoms with Gasteiger partial charge in [-0.25, -0.2) is 4.79 Å². The van der Waals surface area contributed by atoms with Crippen LogP contribution >= 0.6 is 15.9 Å². The van der Waals surface area contributed by atoms with Crippen LogP contribution in [-0.4, -0.2) is 24.8 Å². The number of carbonyl (C=O) groups is 1. The highest BCUT2D eigenvalue weighted by Gasteiger charge is 2.34. The van der Waals surface area contributed by atoms with Gasteiger partial charge in [0.2, 0.25) is 6.79 Å². The molecule has 8 heteroatoms. The van der Waals surface area contributed by atoms with Crippen molar-refractivity contribution in [2.75, 3.05) is 13.9 Å². The summed E-state index contributed by atoms with van der Waals surface area (Å²) in [4.78, 5) is 21.8. The topological polar surface area (TPSA) is 87.9 Å². The smallest absolute Gasteiger partial charge is 0.348 e. The molecule has 0 unspecified atom stereocenters. The third-order valence-electron chi connectivity index (χ3n) is 2.16. The van der Waals surface area contributed by atoms with E-state index in [0.29, 0.717) is 0 Å². The first-order valence-electron chi connectivity index (χ1n) is 4.41. The van der Waals surface area contributed by atoms with E-state index in [1.54, 1.807) is 0 Å². The molecule has 0 saturated heterocycles. The maximum atomic E-state index is 11.6. The van der Waals surface area contributed by atoms with E-state index in [1.807, 2.05) is 0 Å². The van der Waals surface area contributed by atoms with Crippen molar-refractivity contribution in [1.29, 1.82) is 0 Å². The number of halogens is 1. The average molecular weight is 304 g/mol. The molecule has 0 atom stereocenters. The summed E-state index contributed by atoms with van der Waals surface area (Å²) in [6.45, 7) is -0.0903. The molecular formula is C9H6BrNO6. The third kappa shape index (κ3) is 1.80. The summed E-state index contributed by atoms with van der Waals surface area (Å²) in [5.41, 5.74) is -0.652. The molecule has 0 amide bonds. The zero-order chi connectivity index (χ0) is 12.6. The number of nitro benzene ring substituents is 1. The maximum absolute atomic E-state index is 11.6. The summed E-state index contributed by atoms with van der Waals surface area (Å²) in [7, 11) is 1.13. The minimum Gasteiger partial charge on any atom is -0.465 e. The van der Waals surface area contributed by atoms with Crippen LogP contribution in [0.3, 0.4) is 0 Å². The number of benzene rings is 1. The third-order valence-corrected chi connectivity index (χ3v) is 2.77. The van der Waals surface area contributed by atoms with E-state index < -0.39 is 16.6 Å². The van der Waals surface area contributed by atoms with Gasteiger partial charge in [-0.2, -0.15) is 0 Å². The fourth-order valence-corrected chi connectivity index (χ4v) is 2.02. The molecule has 0 saturated carbocycles. The SMILES string of the molecule is COC(=O)c1c2c(cc(Br)c1[N+](=O)[O-])OCO2. The van der Waals surface area contributed by atoms with Gasteiger partial charge in [-0.3, -0.25) is 10.1 Å². The van der Waals surface area contributed by atoms with Gasteiger partial charge >= 0.3 is 11.7 Å². The van der Waals surface area contributed by atoms with E-state index >= 15 is 0 Å². The van der Waals surface area contributed by atoms with E-state index in [9.17, 15) is 14.9 Å². The Morgan fingerprint density at radius 1 is 1.59 bits per heavy atom. The normalized spacial score (nSPS) is 12.4. The second-order valence-corrected chi connectivity index (χ2v) is 3.92. The number of hydrogen-bond donors (Lipinski definition) is 0. The quantitative estimate of drug-likeness (QED) is 0.471. The molecule has 0 radical (unpaired) electrons. The summed E-state index contributed by atoms with van der Waals surface area (Å²) in [5.74, 6) is -0.547. The minimum absolute atomic E-state index is 0.0340. The summed E-state index contributed by atoms with van der Waals surface area (Å²) in [5, 5.41) is 10.9. The van der Waals surface area contributed by atoms with Crippen LogP contribution in [0.25, 0.3) is 0 Å². The van der Waals surface area contributed by atoms with Crippen molar-refractivity contribution >= 4 is 27.6 Å². The van der Waals surface area contributed by atoms with E-state index in [2.05, 4.69) is 20.7 Å². The van der Waals surface area contributed by atoms with E-state index in [0.717, 1.165) is 7.11 Å². The van der Waals surface area contributed by atoms with Gasteiger partial charge < -0.3 is 14.2 Å². The predicted octanol–water partition coefficient (Wildman–Crippen LogP) is 1.87. The molecular weight excluding hydrogens is 298 g/mol. The molecule has 1 aromatic rings. The molecule has 90 valence electrons. The zero-order valence-corrected chi connectivity index (χ0v) is 10.1. The number of fused-ring (bicyclic) bond motifs is 1. The summed E-state index contributed by atoms with van der Waals surface area (Å²) < 4.78 is 14.8. The first kappa shape index (κ1) is 11.6. The Hall–Kier alpha value is -1.83. The van der Waals surface area contributed by atoms with Crippen molar-refractivity contribution in [3.8, 4) is 11.5 Å². The van der Waals surface area contributed by atoms with Crippen LogP contribution in [0.15, 0.2) is 10.5 Å². The highest BCUT2D eigenvalue weighted by atomic mass is 79.9. The van der Waals surface area contributed by atoms with Crippen molar-refractivity contribution in [2.45, 2.75) is 0 Å². The molecule has 0 fully saturated rings. The lowest BCUT2D eigenvalue weighted by Crippen LogP contribution is -2.08. The number of esters is 1. The number of ether oxygens (including phenoxy) is 3. The van der Waals surface area contributed by atoms with Gasteiger partial charge in [0.15, 0.2) is 17.1 Å². The summed E-state index contributed by atoms with van der Waals surface area (Å²) in [6.07, 6.45) is 0. The monoisotopic (exact) mass is 303 g/mol. The number of nitrogens with zero attached hydrogens (tertiary/aromatic N) is 1. The van der Waals surface area contributed by atoms with Crippen LogP contribution in [0.1, 0.15) is 10.4 Å². The molecule has 1 heterocycles. The Morgan fingerprint density at radius 2 is 2.29 bits per heavy atom. The highest BCUT2D eigenvalue weighted by Crippen LogP contribution is 2.45. The van der Waals surface area contributed by atoms with Crippen LogP contribution in [0.2, 0.25) is 0 Å². The van der Waals surface area contributed by atoms with Gasteiger partial charge in [0, 0.05) is 6.07 Å². The molecule has 0 aliphatic carbocycles.